The van der Waals surface area contributed by atoms with E-state index >= 15 is 0 Å². The lowest BCUT2D eigenvalue weighted by molar-refractivity contribution is -0.269. The van der Waals surface area contributed by atoms with Crippen LogP contribution in [0.3, 0.4) is 0 Å². The van der Waals surface area contributed by atoms with Crippen LogP contribution >= 0.6 is 0 Å². The van der Waals surface area contributed by atoms with E-state index in [1.54, 1.807) is 0 Å². The fourth-order valence-corrected chi connectivity index (χ4v) is 3.60. The Morgan fingerprint density at radius 1 is 1.14 bits per heavy atom. The van der Waals surface area contributed by atoms with Gasteiger partial charge in [0, 0.05) is 24.7 Å². The number of benzene rings is 1. The molecule has 0 bridgehead atoms. The van der Waals surface area contributed by atoms with Crippen LogP contribution in [0.4, 0.5) is 18.9 Å². The SMILES string of the molecule is CC(O)(C1CCN(c2ccc3c(c2)CCCC3)C1)C(F)(F)F. The van der Waals surface area contributed by atoms with Gasteiger partial charge >= 0.3 is 6.18 Å². The van der Waals surface area contributed by atoms with Crippen molar-refractivity contribution in [2.75, 3.05) is 18.0 Å². The summed E-state index contributed by atoms with van der Waals surface area (Å²) in [7, 11) is 0. The van der Waals surface area contributed by atoms with Gasteiger partial charge in [-0.1, -0.05) is 6.07 Å². The van der Waals surface area contributed by atoms with Crippen LogP contribution in [0.2, 0.25) is 0 Å². The van der Waals surface area contributed by atoms with Crippen molar-refractivity contribution < 1.29 is 18.3 Å². The van der Waals surface area contributed by atoms with Gasteiger partial charge in [0.2, 0.25) is 0 Å². The van der Waals surface area contributed by atoms with Crippen LogP contribution in [0, 0.1) is 5.92 Å². The fourth-order valence-electron chi connectivity index (χ4n) is 3.60. The zero-order valence-corrected chi connectivity index (χ0v) is 12.8. The molecule has 122 valence electrons. The average molecular weight is 313 g/mol. The summed E-state index contributed by atoms with van der Waals surface area (Å²) in [6, 6.07) is 6.24. The third-order valence-corrected chi connectivity index (χ3v) is 5.25. The van der Waals surface area contributed by atoms with Crippen LogP contribution in [-0.2, 0) is 12.8 Å². The standard InChI is InChI=1S/C17H22F3NO/c1-16(22,17(18,19)20)14-8-9-21(11-14)15-7-6-12-4-2-3-5-13(12)10-15/h6-7,10,14,22H,2-5,8-9,11H2,1H3. The topological polar surface area (TPSA) is 23.5 Å². The smallest absolute Gasteiger partial charge is 0.380 e. The van der Waals surface area contributed by atoms with Crippen molar-refractivity contribution in [2.45, 2.75) is 50.8 Å². The second-order valence-corrected chi connectivity index (χ2v) is 6.74. The van der Waals surface area contributed by atoms with Gasteiger partial charge in [-0.05, 0) is 62.3 Å². The summed E-state index contributed by atoms with van der Waals surface area (Å²) in [5, 5.41) is 9.86. The average Bonchev–Trinajstić information content (AvgIpc) is 2.96. The van der Waals surface area contributed by atoms with E-state index in [2.05, 4.69) is 12.1 Å². The highest BCUT2D eigenvalue weighted by molar-refractivity contribution is 5.52. The van der Waals surface area contributed by atoms with Gasteiger partial charge in [0.15, 0.2) is 5.60 Å². The maximum atomic E-state index is 13.0. The molecule has 1 heterocycles. The van der Waals surface area contributed by atoms with Gasteiger partial charge in [-0.3, -0.25) is 0 Å². The van der Waals surface area contributed by atoms with Crippen molar-refractivity contribution in [3.63, 3.8) is 0 Å². The molecule has 2 unspecified atom stereocenters. The van der Waals surface area contributed by atoms with Crippen LogP contribution in [0.1, 0.15) is 37.3 Å². The number of rotatable bonds is 2. The molecule has 2 atom stereocenters. The molecule has 1 aromatic rings. The Labute approximate surface area is 128 Å². The molecule has 2 nitrogen and oxygen atoms in total. The van der Waals surface area contributed by atoms with Crippen molar-refractivity contribution in [3.05, 3.63) is 29.3 Å². The maximum Gasteiger partial charge on any atom is 0.417 e. The lowest BCUT2D eigenvalue weighted by atomic mass is 9.88. The highest BCUT2D eigenvalue weighted by Crippen LogP contribution is 2.41. The van der Waals surface area contributed by atoms with E-state index in [0.29, 0.717) is 13.0 Å². The molecule has 0 radical (unpaired) electrons. The largest absolute Gasteiger partial charge is 0.417 e. The molecule has 1 saturated heterocycles. The Balaban J connectivity index is 1.76. The molecule has 2 aliphatic rings. The van der Waals surface area contributed by atoms with Gasteiger partial charge in [0.25, 0.3) is 0 Å². The van der Waals surface area contributed by atoms with Crippen molar-refractivity contribution in [2.24, 2.45) is 5.92 Å². The molecule has 1 fully saturated rings. The predicted octanol–water partition coefficient (Wildman–Crippen LogP) is 3.71. The molecule has 5 heteroatoms. The van der Waals surface area contributed by atoms with E-state index in [-0.39, 0.29) is 6.54 Å². The van der Waals surface area contributed by atoms with Gasteiger partial charge in [-0.15, -0.1) is 0 Å². The molecule has 1 N–H and O–H groups in total. The zero-order valence-electron chi connectivity index (χ0n) is 12.8. The summed E-state index contributed by atoms with van der Waals surface area (Å²) >= 11 is 0. The van der Waals surface area contributed by atoms with Crippen LogP contribution in [0.5, 0.6) is 0 Å². The van der Waals surface area contributed by atoms with E-state index in [9.17, 15) is 18.3 Å². The lowest BCUT2D eigenvalue weighted by Gasteiger charge is -2.32. The molecule has 22 heavy (non-hydrogen) atoms. The first-order valence-electron chi connectivity index (χ1n) is 7.95. The summed E-state index contributed by atoms with van der Waals surface area (Å²) < 4.78 is 38.9. The number of hydrogen-bond acceptors (Lipinski definition) is 2. The van der Waals surface area contributed by atoms with E-state index in [0.717, 1.165) is 25.5 Å². The quantitative estimate of drug-likeness (QED) is 0.900. The summed E-state index contributed by atoms with van der Waals surface area (Å²) in [6.07, 6.45) is 0.337. The van der Waals surface area contributed by atoms with Gasteiger partial charge in [-0.2, -0.15) is 13.2 Å². The van der Waals surface area contributed by atoms with Crippen molar-refractivity contribution in [1.82, 2.24) is 0 Å². The molecule has 3 rings (SSSR count). The molecule has 0 aromatic heterocycles. The maximum absolute atomic E-state index is 13.0. The van der Waals surface area contributed by atoms with E-state index < -0.39 is 17.7 Å². The van der Waals surface area contributed by atoms with Gasteiger partial charge in [0.05, 0.1) is 0 Å². The van der Waals surface area contributed by atoms with E-state index in [4.69, 9.17) is 0 Å². The third-order valence-electron chi connectivity index (χ3n) is 5.25. The van der Waals surface area contributed by atoms with Crippen LogP contribution < -0.4 is 4.90 Å². The minimum absolute atomic E-state index is 0.255. The number of aliphatic hydroxyl groups is 1. The number of hydrogen-bond donors (Lipinski definition) is 1. The Bertz CT molecular complexity index is 553. The number of nitrogens with zero attached hydrogens (tertiary/aromatic N) is 1. The normalized spacial score (nSPS) is 25.0. The number of halogens is 3. The molecule has 0 saturated carbocycles. The Hall–Kier alpha value is -1.23. The molecule has 1 aliphatic carbocycles. The summed E-state index contributed by atoms with van der Waals surface area (Å²) in [4.78, 5) is 1.97. The minimum atomic E-state index is -4.58. The molecular formula is C17H22F3NO. The first-order chi connectivity index (χ1) is 10.3. The highest BCUT2D eigenvalue weighted by Gasteiger charge is 2.56. The van der Waals surface area contributed by atoms with Crippen LogP contribution in [0.25, 0.3) is 0 Å². The number of aryl methyl sites for hydroxylation is 2. The molecule has 0 amide bonds. The predicted molar refractivity (Wildman–Crippen MR) is 80.1 cm³/mol. The first kappa shape index (κ1) is 15.7. The fraction of sp³-hybridized carbons (Fsp3) is 0.647. The number of alkyl halides is 3. The second-order valence-electron chi connectivity index (χ2n) is 6.74. The van der Waals surface area contributed by atoms with Crippen LogP contribution in [-0.4, -0.2) is 30.0 Å². The van der Waals surface area contributed by atoms with Gasteiger partial charge in [0.1, 0.15) is 0 Å². The number of anilines is 1. The zero-order chi connectivity index (χ0) is 16.0. The van der Waals surface area contributed by atoms with E-state index in [1.165, 1.54) is 24.0 Å². The molecule has 0 spiro atoms. The minimum Gasteiger partial charge on any atom is -0.380 e. The second kappa shape index (κ2) is 5.44. The molecule has 1 aliphatic heterocycles. The van der Waals surface area contributed by atoms with Crippen LogP contribution in [0.15, 0.2) is 18.2 Å². The summed E-state index contributed by atoms with van der Waals surface area (Å²) in [5.41, 5.74) is 1.07. The first-order valence-corrected chi connectivity index (χ1v) is 7.95. The summed E-state index contributed by atoms with van der Waals surface area (Å²) in [6.45, 7) is 1.72. The Kier molecular flexibility index (Phi) is 3.87. The monoisotopic (exact) mass is 313 g/mol. The van der Waals surface area contributed by atoms with E-state index in [1.807, 2.05) is 11.0 Å². The van der Waals surface area contributed by atoms with Crippen molar-refractivity contribution in [1.29, 1.82) is 0 Å². The molecule has 1 aromatic carbocycles. The number of fused-ring (bicyclic) bond motifs is 1. The van der Waals surface area contributed by atoms with Crippen molar-refractivity contribution in [3.8, 4) is 0 Å². The summed E-state index contributed by atoms with van der Waals surface area (Å²) in [5.74, 6) is -0.775. The van der Waals surface area contributed by atoms with Gasteiger partial charge in [-0.25, -0.2) is 0 Å². The van der Waals surface area contributed by atoms with Crippen molar-refractivity contribution >= 4 is 5.69 Å². The molecular weight excluding hydrogens is 291 g/mol. The van der Waals surface area contributed by atoms with Gasteiger partial charge < -0.3 is 10.0 Å². The lowest BCUT2D eigenvalue weighted by Crippen LogP contribution is -2.49. The Morgan fingerprint density at radius 2 is 1.82 bits per heavy atom. The third kappa shape index (κ3) is 2.71. The highest BCUT2D eigenvalue weighted by atomic mass is 19.4. The Morgan fingerprint density at radius 3 is 2.50 bits per heavy atom.